The van der Waals surface area contributed by atoms with Crippen LogP contribution in [-0.2, 0) is 4.79 Å². The van der Waals surface area contributed by atoms with E-state index in [-0.39, 0.29) is 11.3 Å². The van der Waals surface area contributed by atoms with Gasteiger partial charge in [0.2, 0.25) is 0 Å². The predicted octanol–water partition coefficient (Wildman–Crippen LogP) is 2.46. The van der Waals surface area contributed by atoms with Crippen LogP contribution < -0.4 is 25.1 Å². The fraction of sp³-hybridized carbons (Fsp3) is 0.263. The molecular formula is C19H21FN2O5. The average molecular weight is 376 g/mol. The van der Waals surface area contributed by atoms with Crippen molar-refractivity contribution in [3.63, 3.8) is 0 Å². The molecule has 144 valence electrons. The summed E-state index contributed by atoms with van der Waals surface area (Å²) in [6.07, 6.45) is -0.885. The average Bonchev–Trinajstić information content (AvgIpc) is 2.67. The lowest BCUT2D eigenvalue weighted by atomic mass is 10.2. The number of nitrogens with one attached hydrogen (secondary N) is 2. The second-order valence-corrected chi connectivity index (χ2v) is 5.45. The summed E-state index contributed by atoms with van der Waals surface area (Å²) >= 11 is 0. The van der Waals surface area contributed by atoms with E-state index in [0.29, 0.717) is 18.1 Å². The number of rotatable bonds is 7. The van der Waals surface area contributed by atoms with Gasteiger partial charge in [-0.3, -0.25) is 20.4 Å². The van der Waals surface area contributed by atoms with Crippen LogP contribution in [0.25, 0.3) is 0 Å². The van der Waals surface area contributed by atoms with Gasteiger partial charge in [0.15, 0.2) is 6.10 Å². The van der Waals surface area contributed by atoms with Crippen molar-refractivity contribution < 1.29 is 28.2 Å². The zero-order valence-electron chi connectivity index (χ0n) is 15.2. The largest absolute Gasteiger partial charge is 0.497 e. The van der Waals surface area contributed by atoms with E-state index >= 15 is 0 Å². The van der Waals surface area contributed by atoms with Crippen LogP contribution >= 0.6 is 0 Å². The lowest BCUT2D eigenvalue weighted by Crippen LogP contribution is -2.47. The Balaban J connectivity index is 1.87. The molecule has 0 aliphatic rings. The lowest BCUT2D eigenvalue weighted by Gasteiger charge is -2.15. The molecule has 0 fully saturated rings. The molecular weight excluding hydrogens is 355 g/mol. The number of hydrazine groups is 1. The second kappa shape index (κ2) is 9.42. The van der Waals surface area contributed by atoms with Crippen LogP contribution in [-0.4, -0.2) is 31.6 Å². The third-order valence-corrected chi connectivity index (χ3v) is 3.54. The molecule has 0 heterocycles. The summed E-state index contributed by atoms with van der Waals surface area (Å²) in [5.74, 6) is -0.711. The lowest BCUT2D eigenvalue weighted by molar-refractivity contribution is -0.128. The normalized spacial score (nSPS) is 11.3. The van der Waals surface area contributed by atoms with Crippen LogP contribution in [0.1, 0.15) is 24.2 Å². The molecule has 2 aromatic carbocycles. The molecule has 8 heteroatoms. The highest BCUT2D eigenvalue weighted by Gasteiger charge is 2.17. The number of hydrogen-bond acceptors (Lipinski definition) is 5. The number of amides is 2. The first-order chi connectivity index (χ1) is 12.9. The SMILES string of the molecule is CCOc1ccc(O[C@@H](C)C(=O)NNC(=O)c2ccc(OC)cc2F)cc1. The minimum absolute atomic E-state index is 0.226. The van der Waals surface area contributed by atoms with Gasteiger partial charge < -0.3 is 14.2 Å². The van der Waals surface area contributed by atoms with Crippen molar-refractivity contribution in [3.8, 4) is 17.2 Å². The van der Waals surface area contributed by atoms with Gasteiger partial charge in [-0.25, -0.2) is 4.39 Å². The molecule has 1 atom stereocenters. The molecule has 2 aromatic rings. The first-order valence-electron chi connectivity index (χ1n) is 8.27. The van der Waals surface area contributed by atoms with Crippen LogP contribution in [0.2, 0.25) is 0 Å². The molecule has 0 bridgehead atoms. The third-order valence-electron chi connectivity index (χ3n) is 3.54. The topological polar surface area (TPSA) is 85.9 Å². The van der Waals surface area contributed by atoms with Crippen molar-refractivity contribution in [1.82, 2.24) is 10.9 Å². The molecule has 2 amide bonds. The summed E-state index contributed by atoms with van der Waals surface area (Å²) in [6, 6.07) is 10.6. The molecule has 0 saturated carbocycles. The molecule has 27 heavy (non-hydrogen) atoms. The number of benzene rings is 2. The van der Waals surface area contributed by atoms with Crippen molar-refractivity contribution in [2.24, 2.45) is 0 Å². The molecule has 2 N–H and O–H groups in total. The summed E-state index contributed by atoms with van der Waals surface area (Å²) in [7, 11) is 1.39. The van der Waals surface area contributed by atoms with Gasteiger partial charge in [0.1, 0.15) is 23.1 Å². The minimum atomic E-state index is -0.885. The summed E-state index contributed by atoms with van der Waals surface area (Å²) in [5, 5.41) is 0. The van der Waals surface area contributed by atoms with Crippen LogP contribution in [0.3, 0.4) is 0 Å². The van der Waals surface area contributed by atoms with Gasteiger partial charge >= 0.3 is 0 Å². The van der Waals surface area contributed by atoms with Gasteiger partial charge in [-0.15, -0.1) is 0 Å². The molecule has 0 saturated heterocycles. The maximum atomic E-state index is 13.9. The van der Waals surface area contributed by atoms with Crippen molar-refractivity contribution in [2.45, 2.75) is 20.0 Å². The molecule has 7 nitrogen and oxygen atoms in total. The molecule has 0 spiro atoms. The van der Waals surface area contributed by atoms with Crippen molar-refractivity contribution in [1.29, 1.82) is 0 Å². The highest BCUT2D eigenvalue weighted by Crippen LogP contribution is 2.19. The summed E-state index contributed by atoms with van der Waals surface area (Å²) in [6.45, 7) is 3.95. The zero-order valence-corrected chi connectivity index (χ0v) is 15.2. The quantitative estimate of drug-likeness (QED) is 0.725. The predicted molar refractivity (Wildman–Crippen MR) is 96.3 cm³/mol. The highest BCUT2D eigenvalue weighted by atomic mass is 19.1. The molecule has 0 unspecified atom stereocenters. The fourth-order valence-corrected chi connectivity index (χ4v) is 2.13. The zero-order chi connectivity index (χ0) is 19.8. The number of ether oxygens (including phenoxy) is 3. The Labute approximate surface area is 156 Å². The Morgan fingerprint density at radius 2 is 1.67 bits per heavy atom. The monoisotopic (exact) mass is 376 g/mol. The van der Waals surface area contributed by atoms with Gasteiger partial charge in [-0.2, -0.15) is 0 Å². The Hall–Kier alpha value is -3.29. The standard InChI is InChI=1S/C19H21FN2O5/c1-4-26-13-5-7-14(8-6-13)27-12(2)18(23)21-22-19(24)16-10-9-15(25-3)11-17(16)20/h5-12H,4H2,1-3H3,(H,21,23)(H,22,24)/t12-/m0/s1. The van der Waals surface area contributed by atoms with Crippen molar-refractivity contribution in [2.75, 3.05) is 13.7 Å². The summed E-state index contributed by atoms with van der Waals surface area (Å²) < 4.78 is 29.5. The number of carbonyl (C=O) groups is 2. The van der Waals surface area contributed by atoms with Gasteiger partial charge in [0, 0.05) is 6.07 Å². The van der Waals surface area contributed by atoms with E-state index in [0.717, 1.165) is 6.07 Å². The third kappa shape index (κ3) is 5.60. The van der Waals surface area contributed by atoms with Gasteiger partial charge in [0.05, 0.1) is 19.3 Å². The fourth-order valence-electron chi connectivity index (χ4n) is 2.13. The molecule has 2 rings (SSSR count). The maximum absolute atomic E-state index is 13.9. The minimum Gasteiger partial charge on any atom is -0.497 e. The Morgan fingerprint density at radius 3 is 2.26 bits per heavy atom. The highest BCUT2D eigenvalue weighted by molar-refractivity contribution is 5.96. The van der Waals surface area contributed by atoms with E-state index in [4.69, 9.17) is 14.2 Å². The second-order valence-electron chi connectivity index (χ2n) is 5.45. The Bertz CT molecular complexity index is 795. The number of methoxy groups -OCH3 is 1. The van der Waals surface area contributed by atoms with Crippen molar-refractivity contribution in [3.05, 3.63) is 53.8 Å². The van der Waals surface area contributed by atoms with Crippen LogP contribution in [0.15, 0.2) is 42.5 Å². The van der Waals surface area contributed by atoms with Crippen LogP contribution in [0, 0.1) is 5.82 Å². The molecule has 0 aromatic heterocycles. The molecule has 0 aliphatic carbocycles. The summed E-state index contributed by atoms with van der Waals surface area (Å²) in [4.78, 5) is 24.0. The van der Waals surface area contributed by atoms with Gasteiger partial charge in [-0.05, 0) is 50.2 Å². The maximum Gasteiger partial charge on any atom is 0.279 e. The van der Waals surface area contributed by atoms with Crippen LogP contribution in [0.4, 0.5) is 4.39 Å². The first-order valence-corrected chi connectivity index (χ1v) is 8.27. The number of carbonyl (C=O) groups excluding carboxylic acids is 2. The van der Waals surface area contributed by atoms with E-state index in [1.54, 1.807) is 24.3 Å². The van der Waals surface area contributed by atoms with E-state index < -0.39 is 23.7 Å². The van der Waals surface area contributed by atoms with Crippen molar-refractivity contribution >= 4 is 11.8 Å². The number of halogens is 1. The Kier molecular flexibility index (Phi) is 6.99. The number of hydrogen-bond donors (Lipinski definition) is 2. The Morgan fingerprint density at radius 1 is 1.04 bits per heavy atom. The van der Waals surface area contributed by atoms with Gasteiger partial charge in [-0.1, -0.05) is 0 Å². The molecule has 0 aliphatic heterocycles. The van der Waals surface area contributed by atoms with Gasteiger partial charge in [0.25, 0.3) is 11.8 Å². The van der Waals surface area contributed by atoms with Crippen LogP contribution in [0.5, 0.6) is 17.2 Å². The van der Waals surface area contributed by atoms with E-state index in [2.05, 4.69) is 10.9 Å². The summed E-state index contributed by atoms with van der Waals surface area (Å²) in [5.41, 5.74) is 4.13. The smallest absolute Gasteiger partial charge is 0.279 e. The van der Waals surface area contributed by atoms with E-state index in [1.807, 2.05) is 6.92 Å². The first kappa shape index (κ1) is 20.0. The molecule has 0 radical (unpaired) electrons. The van der Waals surface area contributed by atoms with E-state index in [1.165, 1.54) is 26.2 Å². The van der Waals surface area contributed by atoms with E-state index in [9.17, 15) is 14.0 Å².